The van der Waals surface area contributed by atoms with Crippen LogP contribution in [0, 0.1) is 10.1 Å². The fourth-order valence-corrected chi connectivity index (χ4v) is 2.02. The normalized spacial score (nSPS) is 10.6. The van der Waals surface area contributed by atoms with E-state index in [1.807, 2.05) is 0 Å². The molecule has 0 atom stereocenters. The highest BCUT2D eigenvalue weighted by Gasteiger charge is 2.08. The minimum Gasteiger partial charge on any atom is -0.506 e. The van der Waals surface area contributed by atoms with E-state index in [9.17, 15) is 24.8 Å². The van der Waals surface area contributed by atoms with Gasteiger partial charge in [-0.1, -0.05) is 6.07 Å². The van der Waals surface area contributed by atoms with Crippen molar-refractivity contribution in [2.24, 2.45) is 0 Å². The lowest BCUT2D eigenvalue weighted by atomic mass is 10.1. The Kier molecular flexibility index (Phi) is 5.47. The number of rotatable bonds is 6. The maximum atomic E-state index is 11.9. The van der Waals surface area contributed by atoms with E-state index in [4.69, 9.17) is 5.11 Å². The molecule has 0 radical (unpaired) electrons. The zero-order chi connectivity index (χ0) is 18.4. The summed E-state index contributed by atoms with van der Waals surface area (Å²) < 4.78 is 0. The molecule has 0 aliphatic carbocycles. The number of aromatic hydroxyl groups is 1. The molecule has 2 rings (SSSR count). The first kappa shape index (κ1) is 17.7. The van der Waals surface area contributed by atoms with Crippen LogP contribution in [0.4, 0.5) is 11.4 Å². The van der Waals surface area contributed by atoms with Crippen LogP contribution in [0.5, 0.6) is 5.75 Å². The number of hydrogen-bond acceptors (Lipinski definition) is 5. The second-order valence-electron chi connectivity index (χ2n) is 5.09. The van der Waals surface area contributed by atoms with E-state index in [1.54, 1.807) is 0 Å². The summed E-state index contributed by atoms with van der Waals surface area (Å²) in [6, 6.07) is 9.75. The number of benzene rings is 2. The minimum atomic E-state index is -1.03. The number of aliphatic carboxylic acids is 1. The number of carbonyl (C=O) groups excluding carboxylic acids is 1. The van der Waals surface area contributed by atoms with Crippen molar-refractivity contribution in [3.63, 3.8) is 0 Å². The van der Waals surface area contributed by atoms with E-state index in [-0.39, 0.29) is 23.5 Å². The number of nitro groups is 1. The average Bonchev–Trinajstić information content (AvgIpc) is 2.56. The molecule has 2 aromatic carbocycles. The first-order chi connectivity index (χ1) is 11.8. The van der Waals surface area contributed by atoms with Crippen molar-refractivity contribution < 1.29 is 24.7 Å². The van der Waals surface area contributed by atoms with Crippen molar-refractivity contribution in [3.8, 4) is 5.75 Å². The number of phenols is 1. The van der Waals surface area contributed by atoms with Gasteiger partial charge in [0.2, 0.25) is 5.91 Å². The van der Waals surface area contributed by atoms with Crippen molar-refractivity contribution in [2.45, 2.75) is 6.42 Å². The highest BCUT2D eigenvalue weighted by atomic mass is 16.6. The number of nitrogens with one attached hydrogen (secondary N) is 1. The number of nitro benzene ring substituents is 1. The Hall–Kier alpha value is -3.68. The third kappa shape index (κ3) is 5.17. The second-order valence-corrected chi connectivity index (χ2v) is 5.09. The third-order valence-electron chi connectivity index (χ3n) is 3.21. The Morgan fingerprint density at radius 3 is 2.44 bits per heavy atom. The summed E-state index contributed by atoms with van der Waals surface area (Å²) in [5.74, 6) is -1.76. The smallest absolute Gasteiger partial charge is 0.307 e. The van der Waals surface area contributed by atoms with Crippen LogP contribution in [0.3, 0.4) is 0 Å². The summed E-state index contributed by atoms with van der Waals surface area (Å²) in [6.07, 6.45) is 2.42. The lowest BCUT2D eigenvalue weighted by Crippen LogP contribution is -2.09. The molecular formula is C17H14N2O6. The van der Waals surface area contributed by atoms with E-state index in [2.05, 4.69) is 5.32 Å². The molecule has 8 heteroatoms. The summed E-state index contributed by atoms with van der Waals surface area (Å²) in [5.41, 5.74) is 1.06. The fourth-order valence-electron chi connectivity index (χ4n) is 2.02. The molecule has 8 nitrogen and oxygen atoms in total. The number of hydrogen-bond donors (Lipinski definition) is 3. The van der Waals surface area contributed by atoms with Crippen molar-refractivity contribution in [1.82, 2.24) is 0 Å². The van der Waals surface area contributed by atoms with Gasteiger partial charge < -0.3 is 15.5 Å². The molecule has 0 fully saturated rings. The second kappa shape index (κ2) is 7.73. The zero-order valence-corrected chi connectivity index (χ0v) is 12.9. The van der Waals surface area contributed by atoms with Gasteiger partial charge in [-0.25, -0.2) is 0 Å². The number of anilines is 1. The van der Waals surface area contributed by atoms with Crippen LogP contribution in [0.1, 0.15) is 11.1 Å². The molecule has 1 amide bonds. The van der Waals surface area contributed by atoms with E-state index >= 15 is 0 Å². The van der Waals surface area contributed by atoms with E-state index in [0.29, 0.717) is 11.1 Å². The van der Waals surface area contributed by atoms with Crippen LogP contribution in [-0.4, -0.2) is 27.0 Å². The number of carboxylic acids is 1. The number of nitrogens with zero attached hydrogens (tertiary/aromatic N) is 1. The molecule has 3 N–H and O–H groups in total. The highest BCUT2D eigenvalue weighted by molar-refractivity contribution is 6.02. The van der Waals surface area contributed by atoms with Crippen LogP contribution in [0.25, 0.3) is 6.08 Å². The summed E-state index contributed by atoms with van der Waals surface area (Å²) in [4.78, 5) is 32.7. The average molecular weight is 342 g/mol. The molecule has 0 saturated carbocycles. The van der Waals surface area contributed by atoms with Crippen LogP contribution < -0.4 is 5.32 Å². The van der Waals surface area contributed by atoms with Gasteiger partial charge >= 0.3 is 5.97 Å². The lowest BCUT2D eigenvalue weighted by Gasteiger charge is -2.07. The maximum absolute atomic E-state index is 11.9. The molecule has 0 aliphatic rings. The Morgan fingerprint density at radius 2 is 1.84 bits per heavy atom. The topological polar surface area (TPSA) is 130 Å². The van der Waals surface area contributed by atoms with Gasteiger partial charge in [-0.15, -0.1) is 0 Å². The van der Waals surface area contributed by atoms with Gasteiger partial charge in [-0.3, -0.25) is 19.7 Å². The first-order valence-corrected chi connectivity index (χ1v) is 7.12. The highest BCUT2D eigenvalue weighted by Crippen LogP contribution is 2.24. The van der Waals surface area contributed by atoms with Crippen molar-refractivity contribution in [1.29, 1.82) is 0 Å². The van der Waals surface area contributed by atoms with Crippen LogP contribution >= 0.6 is 0 Å². The van der Waals surface area contributed by atoms with Crippen molar-refractivity contribution >= 4 is 29.3 Å². The van der Waals surface area contributed by atoms with Crippen LogP contribution in [0.15, 0.2) is 48.5 Å². The third-order valence-corrected chi connectivity index (χ3v) is 3.21. The molecule has 0 bridgehead atoms. The molecule has 0 saturated heterocycles. The van der Waals surface area contributed by atoms with Crippen molar-refractivity contribution in [3.05, 3.63) is 69.8 Å². The largest absolute Gasteiger partial charge is 0.506 e. The molecule has 2 aromatic rings. The molecule has 0 heterocycles. The van der Waals surface area contributed by atoms with Gasteiger partial charge in [0.25, 0.3) is 5.69 Å². The van der Waals surface area contributed by atoms with E-state index in [1.165, 1.54) is 54.6 Å². The number of phenolic OH excluding ortho intramolecular Hbond substituents is 1. The Bertz CT molecular complexity index is 843. The quantitative estimate of drug-likeness (QED) is 0.320. The maximum Gasteiger partial charge on any atom is 0.307 e. The van der Waals surface area contributed by atoms with Gasteiger partial charge in [0.15, 0.2) is 0 Å². The van der Waals surface area contributed by atoms with Gasteiger partial charge in [0.1, 0.15) is 5.75 Å². The van der Waals surface area contributed by atoms with Gasteiger partial charge in [0, 0.05) is 18.2 Å². The molecule has 0 unspecified atom stereocenters. The SMILES string of the molecule is O=C(O)Cc1ccc(O)c(NC(=O)/C=C/c2ccc([N+](=O)[O-])cc2)c1. The first-order valence-electron chi connectivity index (χ1n) is 7.12. The number of carbonyl (C=O) groups is 2. The standard InChI is InChI=1S/C17H14N2O6/c20-15-7-3-12(10-17(22)23)9-14(15)18-16(21)8-4-11-1-5-13(6-2-11)19(24)25/h1-9,20H,10H2,(H,18,21)(H,22,23)/b8-4+. The predicted molar refractivity (Wildman–Crippen MR) is 90.2 cm³/mol. The molecule has 0 aromatic heterocycles. The minimum absolute atomic E-state index is 0.0539. The Morgan fingerprint density at radius 1 is 1.16 bits per heavy atom. The van der Waals surface area contributed by atoms with Crippen LogP contribution in [-0.2, 0) is 16.0 Å². The van der Waals surface area contributed by atoms with E-state index in [0.717, 1.165) is 0 Å². The van der Waals surface area contributed by atoms with Gasteiger partial charge in [-0.05, 0) is 41.5 Å². The monoisotopic (exact) mass is 342 g/mol. The van der Waals surface area contributed by atoms with Gasteiger partial charge in [0.05, 0.1) is 17.0 Å². The number of amides is 1. The molecule has 0 aliphatic heterocycles. The molecule has 0 spiro atoms. The van der Waals surface area contributed by atoms with Crippen LogP contribution in [0.2, 0.25) is 0 Å². The van der Waals surface area contributed by atoms with Gasteiger partial charge in [-0.2, -0.15) is 0 Å². The Labute approximate surface area is 142 Å². The summed E-state index contributed by atoms with van der Waals surface area (Å²) in [7, 11) is 0. The number of carboxylic acid groups (broad SMARTS) is 1. The Balaban J connectivity index is 2.06. The predicted octanol–water partition coefficient (Wildman–Crippen LogP) is 2.58. The zero-order valence-electron chi connectivity index (χ0n) is 12.9. The fraction of sp³-hybridized carbons (Fsp3) is 0.0588. The summed E-state index contributed by atoms with van der Waals surface area (Å²) in [6.45, 7) is 0. The molecular weight excluding hydrogens is 328 g/mol. The molecule has 128 valence electrons. The van der Waals surface area contributed by atoms with E-state index < -0.39 is 16.8 Å². The summed E-state index contributed by atoms with van der Waals surface area (Å²) in [5, 5.41) is 31.5. The van der Waals surface area contributed by atoms with Crippen molar-refractivity contribution in [2.75, 3.05) is 5.32 Å². The summed E-state index contributed by atoms with van der Waals surface area (Å²) >= 11 is 0. The number of non-ortho nitro benzene ring substituents is 1. The lowest BCUT2D eigenvalue weighted by molar-refractivity contribution is -0.384. The molecule has 25 heavy (non-hydrogen) atoms.